The number of rotatable bonds is 6. The van der Waals surface area contributed by atoms with Crippen LogP contribution in [0.15, 0.2) is 35.2 Å². The van der Waals surface area contributed by atoms with Crippen molar-refractivity contribution in [3.63, 3.8) is 0 Å². The zero-order valence-electron chi connectivity index (χ0n) is 14.0. The number of ether oxygens (including phenoxy) is 1. The number of benzene rings is 1. The van der Waals surface area contributed by atoms with Gasteiger partial charge in [0.25, 0.3) is 0 Å². The van der Waals surface area contributed by atoms with E-state index in [1.807, 2.05) is 19.2 Å². The Morgan fingerprint density at radius 3 is 2.71 bits per heavy atom. The highest BCUT2D eigenvalue weighted by Crippen LogP contribution is 2.27. The highest BCUT2D eigenvalue weighted by Gasteiger charge is 2.13. The lowest BCUT2D eigenvalue weighted by Crippen LogP contribution is -2.08. The van der Waals surface area contributed by atoms with Crippen LogP contribution in [0.5, 0.6) is 5.75 Å². The molecule has 2 heterocycles. The van der Waals surface area contributed by atoms with Crippen molar-refractivity contribution in [3.05, 3.63) is 40.8 Å². The molecular formula is C17H20BrN5O. The number of methoxy groups -OCH3 is 1. The minimum absolute atomic E-state index is 0.443. The van der Waals surface area contributed by atoms with E-state index in [1.54, 1.807) is 18.1 Å². The number of aryl methyl sites for hydroxylation is 1. The molecule has 0 fully saturated rings. The molecule has 0 aliphatic carbocycles. The largest absolute Gasteiger partial charge is 0.497 e. The third kappa shape index (κ3) is 3.36. The van der Waals surface area contributed by atoms with Crippen LogP contribution < -0.4 is 10.1 Å². The van der Waals surface area contributed by atoms with Crippen LogP contribution in [0.2, 0.25) is 0 Å². The van der Waals surface area contributed by atoms with Crippen LogP contribution >= 0.6 is 15.9 Å². The first kappa shape index (κ1) is 16.7. The van der Waals surface area contributed by atoms with Gasteiger partial charge in [0.05, 0.1) is 12.5 Å². The fourth-order valence-corrected chi connectivity index (χ4v) is 3.28. The highest BCUT2D eigenvalue weighted by atomic mass is 79.9. The maximum atomic E-state index is 5.20. The molecule has 1 N–H and O–H groups in total. The molecule has 0 radical (unpaired) electrons. The summed E-state index contributed by atoms with van der Waals surface area (Å²) >= 11 is 3.48. The smallest absolute Gasteiger partial charge is 0.164 e. The quantitative estimate of drug-likeness (QED) is 0.695. The fraction of sp³-hybridized carbons (Fsp3) is 0.353. The zero-order valence-corrected chi connectivity index (χ0v) is 15.5. The lowest BCUT2D eigenvalue weighted by atomic mass is 9.98. The maximum Gasteiger partial charge on any atom is 0.164 e. The third-order valence-electron chi connectivity index (χ3n) is 4.13. The van der Waals surface area contributed by atoms with Gasteiger partial charge < -0.3 is 10.1 Å². The van der Waals surface area contributed by atoms with Gasteiger partial charge in [0.15, 0.2) is 5.65 Å². The molecule has 2 aromatic heterocycles. The molecule has 1 atom stereocenters. The van der Waals surface area contributed by atoms with Gasteiger partial charge in [-0.2, -0.15) is 5.10 Å². The molecule has 6 nitrogen and oxygen atoms in total. The van der Waals surface area contributed by atoms with E-state index in [-0.39, 0.29) is 0 Å². The number of aromatic nitrogens is 4. The van der Waals surface area contributed by atoms with Crippen LogP contribution in [0.1, 0.15) is 24.8 Å². The van der Waals surface area contributed by atoms with Gasteiger partial charge in [0.2, 0.25) is 0 Å². The lowest BCUT2D eigenvalue weighted by Gasteiger charge is -2.13. The van der Waals surface area contributed by atoms with Crippen LogP contribution in [-0.4, -0.2) is 33.4 Å². The number of anilines is 1. The van der Waals surface area contributed by atoms with Crippen LogP contribution in [0.3, 0.4) is 0 Å². The molecule has 0 spiro atoms. The highest BCUT2D eigenvalue weighted by molar-refractivity contribution is 9.10. The topological polar surface area (TPSA) is 64.9 Å². The lowest BCUT2D eigenvalue weighted by molar-refractivity contribution is 0.414. The van der Waals surface area contributed by atoms with Gasteiger partial charge in [-0.05, 0) is 46.0 Å². The van der Waals surface area contributed by atoms with Crippen molar-refractivity contribution in [1.29, 1.82) is 0 Å². The predicted molar refractivity (Wildman–Crippen MR) is 98.5 cm³/mol. The molecule has 126 valence electrons. The molecule has 0 aliphatic heterocycles. The van der Waals surface area contributed by atoms with Gasteiger partial charge in [-0.3, -0.25) is 0 Å². The van der Waals surface area contributed by atoms with Crippen molar-refractivity contribution in [3.8, 4) is 5.75 Å². The van der Waals surface area contributed by atoms with E-state index in [4.69, 9.17) is 4.74 Å². The minimum Gasteiger partial charge on any atom is -0.497 e. The van der Waals surface area contributed by atoms with E-state index >= 15 is 0 Å². The summed E-state index contributed by atoms with van der Waals surface area (Å²) in [5.41, 5.74) is 2.11. The molecule has 24 heavy (non-hydrogen) atoms. The summed E-state index contributed by atoms with van der Waals surface area (Å²) in [7, 11) is 3.55. The summed E-state index contributed by atoms with van der Waals surface area (Å²) < 4.78 is 7.70. The van der Waals surface area contributed by atoms with Gasteiger partial charge in [-0.15, -0.1) is 0 Å². The second-order valence-electron chi connectivity index (χ2n) is 5.72. The Kier molecular flexibility index (Phi) is 4.99. The van der Waals surface area contributed by atoms with Crippen LogP contribution in [-0.2, 0) is 7.05 Å². The molecule has 0 saturated heterocycles. The van der Waals surface area contributed by atoms with Gasteiger partial charge in [0.1, 0.15) is 22.5 Å². The number of halogens is 1. The van der Waals surface area contributed by atoms with Crippen LogP contribution in [0, 0.1) is 0 Å². The number of fused-ring (bicyclic) bond motifs is 1. The van der Waals surface area contributed by atoms with Crippen molar-refractivity contribution >= 4 is 32.8 Å². The van der Waals surface area contributed by atoms with Crippen molar-refractivity contribution in [2.45, 2.75) is 19.3 Å². The van der Waals surface area contributed by atoms with Crippen molar-refractivity contribution in [2.75, 3.05) is 19.0 Å². The number of nitrogens with one attached hydrogen (secondary N) is 1. The Labute approximate surface area is 149 Å². The summed E-state index contributed by atoms with van der Waals surface area (Å²) in [4.78, 5) is 8.63. The number of nitrogens with zero attached hydrogens (tertiary/aromatic N) is 4. The molecule has 1 unspecified atom stereocenters. The normalized spacial score (nSPS) is 12.3. The average Bonchev–Trinajstić information content (AvgIpc) is 2.90. The van der Waals surface area contributed by atoms with E-state index < -0.39 is 0 Å². The summed E-state index contributed by atoms with van der Waals surface area (Å²) in [6.07, 6.45) is 2.56. The molecule has 7 heteroatoms. The van der Waals surface area contributed by atoms with Crippen molar-refractivity contribution < 1.29 is 4.74 Å². The molecule has 3 rings (SSSR count). The Hall–Kier alpha value is -2.15. The average molecular weight is 390 g/mol. The zero-order chi connectivity index (χ0) is 17.1. The third-order valence-corrected chi connectivity index (χ3v) is 4.69. The SMILES string of the molecule is COc1ccc(C(C)CCNc2ncnc3c2c(Br)nn3C)cc1. The first-order valence-electron chi connectivity index (χ1n) is 7.81. The van der Waals surface area contributed by atoms with Crippen LogP contribution in [0.4, 0.5) is 5.82 Å². The molecule has 3 aromatic rings. The van der Waals surface area contributed by atoms with E-state index in [9.17, 15) is 0 Å². The van der Waals surface area contributed by atoms with Gasteiger partial charge in [0, 0.05) is 13.6 Å². The fourth-order valence-electron chi connectivity index (χ4n) is 2.68. The summed E-state index contributed by atoms with van der Waals surface area (Å²) in [6.45, 7) is 3.04. The molecule has 1 aromatic carbocycles. The van der Waals surface area contributed by atoms with Crippen molar-refractivity contribution in [1.82, 2.24) is 19.7 Å². The summed E-state index contributed by atoms with van der Waals surface area (Å²) in [5, 5.41) is 8.66. The van der Waals surface area contributed by atoms with Gasteiger partial charge in [-0.1, -0.05) is 19.1 Å². The second kappa shape index (κ2) is 7.17. The molecular weight excluding hydrogens is 370 g/mol. The number of hydrogen-bond acceptors (Lipinski definition) is 5. The molecule has 0 saturated carbocycles. The second-order valence-corrected chi connectivity index (χ2v) is 6.48. The van der Waals surface area contributed by atoms with Gasteiger partial charge in [-0.25, -0.2) is 14.6 Å². The van der Waals surface area contributed by atoms with E-state index in [0.29, 0.717) is 5.92 Å². The predicted octanol–water partition coefficient (Wildman–Crippen LogP) is 3.74. The molecule has 0 bridgehead atoms. The summed E-state index contributed by atoms with van der Waals surface area (Å²) in [6, 6.07) is 8.23. The monoisotopic (exact) mass is 389 g/mol. The van der Waals surface area contributed by atoms with E-state index in [2.05, 4.69) is 55.4 Å². The van der Waals surface area contributed by atoms with Crippen molar-refractivity contribution in [2.24, 2.45) is 7.05 Å². The molecule has 0 amide bonds. The Bertz CT molecular complexity index is 831. The Morgan fingerprint density at radius 1 is 1.25 bits per heavy atom. The maximum absolute atomic E-state index is 5.20. The van der Waals surface area contributed by atoms with Crippen LogP contribution in [0.25, 0.3) is 11.0 Å². The standard InChI is InChI=1S/C17H20BrN5O/c1-11(12-4-6-13(24-3)7-5-12)8-9-19-16-14-15(18)22-23(2)17(14)21-10-20-16/h4-7,10-11H,8-9H2,1-3H3,(H,19,20,21). The van der Waals surface area contributed by atoms with E-state index in [1.165, 1.54) is 5.56 Å². The first-order chi connectivity index (χ1) is 11.6. The van der Waals surface area contributed by atoms with E-state index in [0.717, 1.165) is 40.2 Å². The summed E-state index contributed by atoms with van der Waals surface area (Å²) in [5.74, 6) is 2.13. The Balaban J connectivity index is 1.66. The number of hydrogen-bond donors (Lipinski definition) is 1. The van der Waals surface area contributed by atoms with Gasteiger partial charge >= 0.3 is 0 Å². The minimum atomic E-state index is 0.443. The first-order valence-corrected chi connectivity index (χ1v) is 8.60. The molecule has 0 aliphatic rings. The Morgan fingerprint density at radius 2 is 2.00 bits per heavy atom.